The number of nitrogens with two attached hydrogens (primary N) is 1. The second-order valence-corrected chi connectivity index (χ2v) is 3.39. The van der Waals surface area contributed by atoms with E-state index < -0.39 is 6.43 Å². The lowest BCUT2D eigenvalue weighted by Crippen LogP contribution is -2.51. The summed E-state index contributed by atoms with van der Waals surface area (Å²) in [6.07, 6.45) is -2.37. The van der Waals surface area contributed by atoms with Crippen molar-refractivity contribution >= 4 is 0 Å². The number of ether oxygens (including phenoxy) is 1. The van der Waals surface area contributed by atoms with Crippen LogP contribution in [0.5, 0.6) is 0 Å². The lowest BCUT2D eigenvalue weighted by atomic mass is 10.2. The van der Waals surface area contributed by atoms with Crippen molar-refractivity contribution in [2.45, 2.75) is 25.5 Å². The van der Waals surface area contributed by atoms with E-state index in [1.54, 1.807) is 4.90 Å². The Balaban J connectivity index is 2.40. The number of nitrogens with zero attached hydrogens (tertiary/aromatic N) is 1. The number of morpholine rings is 1. The van der Waals surface area contributed by atoms with Crippen molar-refractivity contribution < 1.29 is 13.5 Å². The van der Waals surface area contributed by atoms with Gasteiger partial charge in [0.05, 0.1) is 19.3 Å². The molecule has 78 valence electrons. The van der Waals surface area contributed by atoms with Crippen LogP contribution >= 0.6 is 0 Å². The fourth-order valence-corrected chi connectivity index (χ4v) is 1.45. The van der Waals surface area contributed by atoms with Gasteiger partial charge in [0.15, 0.2) is 0 Å². The second kappa shape index (κ2) is 4.83. The number of hydrogen-bond acceptors (Lipinski definition) is 3. The van der Waals surface area contributed by atoms with Gasteiger partial charge in [0.1, 0.15) is 0 Å². The number of hydrogen-bond donors (Lipinski definition) is 1. The van der Waals surface area contributed by atoms with Gasteiger partial charge in [-0.15, -0.1) is 0 Å². The van der Waals surface area contributed by atoms with Crippen molar-refractivity contribution in [3.05, 3.63) is 0 Å². The molecule has 0 amide bonds. The summed E-state index contributed by atoms with van der Waals surface area (Å²) in [5, 5.41) is 0. The summed E-state index contributed by atoms with van der Waals surface area (Å²) in [6, 6.07) is 0.0665. The molecule has 13 heavy (non-hydrogen) atoms. The van der Waals surface area contributed by atoms with Crippen molar-refractivity contribution in [2.24, 2.45) is 5.73 Å². The van der Waals surface area contributed by atoms with Gasteiger partial charge in [-0.3, -0.25) is 4.90 Å². The standard InChI is InChI=1S/C8H16F2N2O/c1-6-5-13-7(2-11)3-12(6)4-8(9)10/h6-8H,2-5,11H2,1H3. The maximum atomic E-state index is 12.1. The molecule has 2 unspecified atom stereocenters. The molecule has 1 saturated heterocycles. The third-order valence-electron chi connectivity index (χ3n) is 2.27. The van der Waals surface area contributed by atoms with E-state index in [1.165, 1.54) is 0 Å². The summed E-state index contributed by atoms with van der Waals surface area (Å²) in [5.41, 5.74) is 5.40. The summed E-state index contributed by atoms with van der Waals surface area (Å²) >= 11 is 0. The Morgan fingerprint density at radius 3 is 2.85 bits per heavy atom. The lowest BCUT2D eigenvalue weighted by Gasteiger charge is -2.37. The van der Waals surface area contributed by atoms with E-state index in [-0.39, 0.29) is 18.7 Å². The molecule has 0 aromatic rings. The predicted molar refractivity (Wildman–Crippen MR) is 45.8 cm³/mol. The monoisotopic (exact) mass is 194 g/mol. The van der Waals surface area contributed by atoms with Crippen LogP contribution in [0.4, 0.5) is 8.78 Å². The number of alkyl halides is 2. The summed E-state index contributed by atoms with van der Waals surface area (Å²) in [5.74, 6) is 0. The molecular formula is C8H16F2N2O. The van der Waals surface area contributed by atoms with E-state index in [4.69, 9.17) is 10.5 Å². The Morgan fingerprint density at radius 2 is 2.31 bits per heavy atom. The third kappa shape index (κ3) is 3.17. The molecule has 2 N–H and O–H groups in total. The maximum Gasteiger partial charge on any atom is 0.251 e. The van der Waals surface area contributed by atoms with Crippen LogP contribution in [0.2, 0.25) is 0 Å². The Kier molecular flexibility index (Phi) is 4.02. The van der Waals surface area contributed by atoms with Crippen LogP contribution in [0.25, 0.3) is 0 Å². The van der Waals surface area contributed by atoms with Crippen LogP contribution in [0.15, 0.2) is 0 Å². The molecule has 0 spiro atoms. The zero-order valence-corrected chi connectivity index (χ0v) is 7.75. The van der Waals surface area contributed by atoms with Crippen LogP contribution < -0.4 is 5.73 Å². The van der Waals surface area contributed by atoms with E-state index in [0.29, 0.717) is 19.7 Å². The summed E-state index contributed by atoms with van der Waals surface area (Å²) < 4.78 is 29.6. The molecule has 3 nitrogen and oxygen atoms in total. The highest BCUT2D eigenvalue weighted by Gasteiger charge is 2.26. The largest absolute Gasteiger partial charge is 0.374 e. The van der Waals surface area contributed by atoms with Crippen molar-refractivity contribution in [1.29, 1.82) is 0 Å². The molecular weight excluding hydrogens is 178 g/mol. The topological polar surface area (TPSA) is 38.5 Å². The molecule has 1 aliphatic heterocycles. The van der Waals surface area contributed by atoms with Gasteiger partial charge < -0.3 is 10.5 Å². The normalized spacial score (nSPS) is 31.2. The van der Waals surface area contributed by atoms with Gasteiger partial charge in [0.2, 0.25) is 0 Å². The molecule has 2 atom stereocenters. The van der Waals surface area contributed by atoms with Crippen molar-refractivity contribution in [2.75, 3.05) is 26.2 Å². The first-order valence-corrected chi connectivity index (χ1v) is 4.47. The Hall–Kier alpha value is -0.260. The minimum absolute atomic E-state index is 0.0665. The molecule has 0 saturated carbocycles. The molecule has 1 fully saturated rings. The minimum atomic E-state index is -2.28. The zero-order valence-electron chi connectivity index (χ0n) is 7.75. The molecule has 0 bridgehead atoms. The van der Waals surface area contributed by atoms with Gasteiger partial charge in [0, 0.05) is 19.1 Å². The molecule has 1 rings (SSSR count). The van der Waals surface area contributed by atoms with Gasteiger partial charge in [-0.2, -0.15) is 0 Å². The van der Waals surface area contributed by atoms with Crippen LogP contribution in [0.3, 0.4) is 0 Å². The van der Waals surface area contributed by atoms with Gasteiger partial charge in [-0.25, -0.2) is 8.78 Å². The number of rotatable bonds is 3. The zero-order chi connectivity index (χ0) is 9.84. The predicted octanol–water partition coefficient (Wildman–Crippen LogP) is 0.299. The lowest BCUT2D eigenvalue weighted by molar-refractivity contribution is -0.0690. The van der Waals surface area contributed by atoms with Crippen LogP contribution in [0, 0.1) is 0 Å². The molecule has 0 aliphatic carbocycles. The van der Waals surface area contributed by atoms with E-state index >= 15 is 0 Å². The molecule has 1 aliphatic rings. The highest BCUT2D eigenvalue weighted by Crippen LogP contribution is 2.12. The van der Waals surface area contributed by atoms with Crippen LogP contribution in [-0.4, -0.2) is 49.7 Å². The second-order valence-electron chi connectivity index (χ2n) is 3.39. The first kappa shape index (κ1) is 10.8. The van der Waals surface area contributed by atoms with Crippen molar-refractivity contribution in [3.8, 4) is 0 Å². The Morgan fingerprint density at radius 1 is 1.62 bits per heavy atom. The molecule has 1 heterocycles. The number of halogens is 2. The Labute approximate surface area is 76.8 Å². The van der Waals surface area contributed by atoms with Gasteiger partial charge in [-0.05, 0) is 6.92 Å². The fourth-order valence-electron chi connectivity index (χ4n) is 1.45. The molecule has 0 radical (unpaired) electrons. The minimum Gasteiger partial charge on any atom is -0.374 e. The molecule has 0 aromatic heterocycles. The van der Waals surface area contributed by atoms with Gasteiger partial charge in [-0.1, -0.05) is 0 Å². The van der Waals surface area contributed by atoms with Gasteiger partial charge in [0.25, 0.3) is 6.43 Å². The Bertz CT molecular complexity index is 157. The van der Waals surface area contributed by atoms with Gasteiger partial charge >= 0.3 is 0 Å². The van der Waals surface area contributed by atoms with Crippen molar-refractivity contribution in [1.82, 2.24) is 4.90 Å². The van der Waals surface area contributed by atoms with E-state index in [0.717, 1.165) is 0 Å². The smallest absolute Gasteiger partial charge is 0.251 e. The maximum absolute atomic E-state index is 12.1. The quantitative estimate of drug-likeness (QED) is 0.702. The average molecular weight is 194 g/mol. The fraction of sp³-hybridized carbons (Fsp3) is 1.00. The van der Waals surface area contributed by atoms with E-state index in [2.05, 4.69) is 0 Å². The summed E-state index contributed by atoms with van der Waals surface area (Å²) in [4.78, 5) is 1.73. The summed E-state index contributed by atoms with van der Waals surface area (Å²) in [7, 11) is 0. The molecule has 0 aromatic carbocycles. The third-order valence-corrected chi connectivity index (χ3v) is 2.27. The highest BCUT2D eigenvalue weighted by molar-refractivity contribution is 4.78. The van der Waals surface area contributed by atoms with Crippen LogP contribution in [0.1, 0.15) is 6.92 Å². The average Bonchev–Trinajstić information content (AvgIpc) is 2.08. The van der Waals surface area contributed by atoms with E-state index in [1.807, 2.05) is 6.92 Å². The summed E-state index contributed by atoms with van der Waals surface area (Å²) in [6.45, 7) is 3.11. The van der Waals surface area contributed by atoms with E-state index in [9.17, 15) is 8.78 Å². The highest BCUT2D eigenvalue weighted by atomic mass is 19.3. The first-order valence-electron chi connectivity index (χ1n) is 4.47. The van der Waals surface area contributed by atoms with Crippen molar-refractivity contribution in [3.63, 3.8) is 0 Å². The first-order chi connectivity index (χ1) is 6.13. The van der Waals surface area contributed by atoms with Crippen LogP contribution in [-0.2, 0) is 4.74 Å². The SMILES string of the molecule is CC1COC(CN)CN1CC(F)F. The molecule has 5 heteroatoms.